The Bertz CT molecular complexity index is 480. The van der Waals surface area contributed by atoms with Gasteiger partial charge in [-0.2, -0.15) is 0 Å². The molecule has 0 unspecified atom stereocenters. The number of carbonyl (C=O) groups excluding carboxylic acids is 1. The molecule has 1 aromatic carbocycles. The van der Waals surface area contributed by atoms with Crippen molar-refractivity contribution in [2.75, 3.05) is 11.4 Å². The molecular weight excluding hydrogens is 322 g/mol. The van der Waals surface area contributed by atoms with Crippen LogP contribution in [-0.2, 0) is 9.59 Å². The van der Waals surface area contributed by atoms with Crippen LogP contribution in [0.3, 0.4) is 0 Å². The maximum absolute atomic E-state index is 12.6. The number of benzene rings is 1. The predicted molar refractivity (Wildman–Crippen MR) is 80.7 cm³/mol. The van der Waals surface area contributed by atoms with Crippen LogP contribution in [0, 0.1) is 5.92 Å². The minimum Gasteiger partial charge on any atom is -0.481 e. The van der Waals surface area contributed by atoms with Gasteiger partial charge in [-0.05, 0) is 37.1 Å². The molecule has 0 bridgehead atoms. The van der Waals surface area contributed by atoms with Crippen molar-refractivity contribution in [1.82, 2.24) is 0 Å². The molecule has 1 fully saturated rings. The van der Waals surface area contributed by atoms with Gasteiger partial charge in [0.05, 0.1) is 6.42 Å². The van der Waals surface area contributed by atoms with Gasteiger partial charge in [-0.3, -0.25) is 9.59 Å². The third-order valence-electron chi connectivity index (χ3n) is 3.66. The average Bonchev–Trinajstić information content (AvgIpc) is 2.94. The molecule has 1 N–H and O–H groups in total. The fourth-order valence-electron chi connectivity index (χ4n) is 2.59. The fraction of sp³-hybridized carbons (Fsp3) is 0.467. The van der Waals surface area contributed by atoms with Crippen molar-refractivity contribution in [3.05, 3.63) is 28.7 Å². The van der Waals surface area contributed by atoms with E-state index in [1.807, 2.05) is 24.3 Å². The van der Waals surface area contributed by atoms with Gasteiger partial charge in [-0.25, -0.2) is 0 Å². The summed E-state index contributed by atoms with van der Waals surface area (Å²) in [4.78, 5) is 25.0. The van der Waals surface area contributed by atoms with E-state index in [1.54, 1.807) is 4.90 Å². The highest BCUT2D eigenvalue weighted by molar-refractivity contribution is 9.10. The zero-order chi connectivity index (χ0) is 14.5. The lowest BCUT2D eigenvalue weighted by Gasteiger charge is -2.25. The molecule has 20 heavy (non-hydrogen) atoms. The molecule has 0 radical (unpaired) electrons. The van der Waals surface area contributed by atoms with Crippen LogP contribution in [-0.4, -0.2) is 23.5 Å². The Morgan fingerprint density at radius 3 is 2.35 bits per heavy atom. The third kappa shape index (κ3) is 3.82. The first kappa shape index (κ1) is 15.0. The van der Waals surface area contributed by atoms with E-state index in [-0.39, 0.29) is 24.8 Å². The SMILES string of the molecule is O=C(O)CCN(C(=O)C1CCCC1)c1ccc(Br)cc1. The highest BCUT2D eigenvalue weighted by Gasteiger charge is 2.28. The highest BCUT2D eigenvalue weighted by Crippen LogP contribution is 2.29. The van der Waals surface area contributed by atoms with Gasteiger partial charge in [0.25, 0.3) is 0 Å². The van der Waals surface area contributed by atoms with Gasteiger partial charge in [-0.1, -0.05) is 28.8 Å². The minimum atomic E-state index is -0.883. The summed E-state index contributed by atoms with van der Waals surface area (Å²) < 4.78 is 0.938. The summed E-state index contributed by atoms with van der Waals surface area (Å²) in [6.45, 7) is 0.228. The Hall–Kier alpha value is -1.36. The summed E-state index contributed by atoms with van der Waals surface area (Å²) in [6, 6.07) is 7.42. The van der Waals surface area contributed by atoms with Gasteiger partial charge in [0, 0.05) is 22.6 Å². The molecule has 0 heterocycles. The van der Waals surface area contributed by atoms with E-state index in [9.17, 15) is 9.59 Å². The van der Waals surface area contributed by atoms with E-state index in [1.165, 1.54) is 0 Å². The standard InChI is InChI=1S/C15H18BrNO3/c16-12-5-7-13(8-6-12)17(10-9-14(18)19)15(20)11-3-1-2-4-11/h5-8,11H,1-4,9-10H2,(H,18,19). The number of anilines is 1. The van der Waals surface area contributed by atoms with Crippen molar-refractivity contribution >= 4 is 33.5 Å². The van der Waals surface area contributed by atoms with Crippen LogP contribution >= 0.6 is 15.9 Å². The molecule has 0 aliphatic heterocycles. The molecule has 0 atom stereocenters. The number of halogens is 1. The molecule has 108 valence electrons. The molecule has 1 aromatic rings. The highest BCUT2D eigenvalue weighted by atomic mass is 79.9. The molecule has 4 nitrogen and oxygen atoms in total. The number of aliphatic carboxylic acids is 1. The second kappa shape index (κ2) is 6.88. The van der Waals surface area contributed by atoms with Crippen molar-refractivity contribution < 1.29 is 14.7 Å². The first-order valence-electron chi connectivity index (χ1n) is 6.86. The Morgan fingerprint density at radius 2 is 1.80 bits per heavy atom. The summed E-state index contributed by atoms with van der Waals surface area (Å²) in [5.41, 5.74) is 0.770. The number of hydrogen-bond acceptors (Lipinski definition) is 2. The van der Waals surface area contributed by atoms with Gasteiger partial charge in [0.1, 0.15) is 0 Å². The number of amides is 1. The average molecular weight is 340 g/mol. The molecule has 5 heteroatoms. The molecule has 0 aromatic heterocycles. The smallest absolute Gasteiger partial charge is 0.305 e. The normalized spacial score (nSPS) is 15.2. The number of carbonyl (C=O) groups is 2. The summed E-state index contributed by atoms with van der Waals surface area (Å²) in [7, 11) is 0. The fourth-order valence-corrected chi connectivity index (χ4v) is 2.85. The molecule has 2 rings (SSSR count). The Labute approximate surface area is 126 Å². The molecule has 1 saturated carbocycles. The van der Waals surface area contributed by atoms with Crippen LogP contribution < -0.4 is 4.90 Å². The lowest BCUT2D eigenvalue weighted by Crippen LogP contribution is -2.37. The summed E-state index contributed by atoms with van der Waals surface area (Å²) >= 11 is 3.36. The zero-order valence-electron chi connectivity index (χ0n) is 11.2. The number of carboxylic acid groups (broad SMARTS) is 1. The topological polar surface area (TPSA) is 57.6 Å². The Kier molecular flexibility index (Phi) is 5.17. The Balaban J connectivity index is 2.16. The summed E-state index contributed by atoms with van der Waals surface area (Å²) in [5.74, 6) is -0.773. The van der Waals surface area contributed by atoms with E-state index in [4.69, 9.17) is 5.11 Å². The number of hydrogen-bond donors (Lipinski definition) is 1. The second-order valence-corrected chi connectivity index (χ2v) is 6.01. The number of nitrogens with zero attached hydrogens (tertiary/aromatic N) is 1. The lowest BCUT2D eigenvalue weighted by molar-refractivity contribution is -0.136. The van der Waals surface area contributed by atoms with E-state index in [0.29, 0.717) is 0 Å². The lowest BCUT2D eigenvalue weighted by atomic mass is 10.1. The molecule has 1 aliphatic rings. The van der Waals surface area contributed by atoms with Crippen LogP contribution in [0.1, 0.15) is 32.1 Å². The van der Waals surface area contributed by atoms with Crippen molar-refractivity contribution in [2.24, 2.45) is 5.92 Å². The van der Waals surface area contributed by atoms with Gasteiger partial charge in [0.15, 0.2) is 0 Å². The molecule has 1 aliphatic carbocycles. The van der Waals surface area contributed by atoms with Crippen LogP contribution in [0.5, 0.6) is 0 Å². The van der Waals surface area contributed by atoms with Gasteiger partial charge in [0.2, 0.25) is 5.91 Å². The van der Waals surface area contributed by atoms with Gasteiger partial charge < -0.3 is 10.0 Å². The predicted octanol–water partition coefficient (Wildman–Crippen LogP) is 3.45. The number of carboxylic acids is 1. The maximum Gasteiger partial charge on any atom is 0.305 e. The minimum absolute atomic E-state index is 0.0332. The monoisotopic (exact) mass is 339 g/mol. The molecule has 0 spiro atoms. The summed E-state index contributed by atoms with van der Waals surface area (Å²) in [5, 5.41) is 8.86. The first-order chi connectivity index (χ1) is 9.58. The van der Waals surface area contributed by atoms with E-state index < -0.39 is 5.97 Å². The van der Waals surface area contributed by atoms with Crippen LogP contribution in [0.2, 0.25) is 0 Å². The molecule has 0 saturated heterocycles. The van der Waals surface area contributed by atoms with E-state index >= 15 is 0 Å². The molecular formula is C15H18BrNO3. The Morgan fingerprint density at radius 1 is 1.20 bits per heavy atom. The van der Waals surface area contributed by atoms with Crippen molar-refractivity contribution in [2.45, 2.75) is 32.1 Å². The first-order valence-corrected chi connectivity index (χ1v) is 7.66. The van der Waals surface area contributed by atoms with Crippen molar-refractivity contribution in [1.29, 1.82) is 0 Å². The van der Waals surface area contributed by atoms with Crippen LogP contribution in [0.4, 0.5) is 5.69 Å². The van der Waals surface area contributed by atoms with Gasteiger partial charge in [-0.15, -0.1) is 0 Å². The van der Waals surface area contributed by atoms with Crippen molar-refractivity contribution in [3.63, 3.8) is 0 Å². The zero-order valence-corrected chi connectivity index (χ0v) is 12.8. The van der Waals surface area contributed by atoms with Crippen LogP contribution in [0.15, 0.2) is 28.7 Å². The number of rotatable bonds is 5. The molecule has 1 amide bonds. The van der Waals surface area contributed by atoms with Crippen molar-refractivity contribution in [3.8, 4) is 0 Å². The second-order valence-electron chi connectivity index (χ2n) is 5.09. The van der Waals surface area contributed by atoms with Gasteiger partial charge >= 0.3 is 5.97 Å². The summed E-state index contributed by atoms with van der Waals surface area (Å²) in [6.07, 6.45) is 3.97. The van der Waals surface area contributed by atoms with E-state index in [2.05, 4.69) is 15.9 Å². The maximum atomic E-state index is 12.6. The third-order valence-corrected chi connectivity index (χ3v) is 4.19. The van der Waals surface area contributed by atoms with E-state index in [0.717, 1.165) is 35.8 Å². The van der Waals surface area contributed by atoms with Crippen LogP contribution in [0.25, 0.3) is 0 Å². The quantitative estimate of drug-likeness (QED) is 0.893. The largest absolute Gasteiger partial charge is 0.481 e.